The van der Waals surface area contributed by atoms with Crippen LogP contribution < -0.4 is 11.0 Å². The predicted molar refractivity (Wildman–Crippen MR) is 19.9 cm³/mol. The third kappa shape index (κ3) is 20.8. The summed E-state index contributed by atoms with van der Waals surface area (Å²) in [5, 5.41) is 23.6. The second kappa shape index (κ2) is 9.30. The number of hydrogen-bond acceptors (Lipinski definition) is 4. The van der Waals surface area contributed by atoms with Crippen LogP contribution in [0.25, 0.3) is 0 Å². The second-order valence-electron chi connectivity index (χ2n) is 0.707. The summed E-state index contributed by atoms with van der Waals surface area (Å²) < 4.78 is 0. The normalized spacial score (nSPS) is 5.62. The molecule has 0 aromatic rings. The van der Waals surface area contributed by atoms with Crippen molar-refractivity contribution in [3.8, 4) is 6.07 Å². The van der Waals surface area contributed by atoms with Gasteiger partial charge in [-0.3, -0.25) is 0 Å². The standard InChI is InChI=1S/C3H3NO2.H4NO/c4-2-1-3(5)6;1-2/h1H2,(H,5,6);2H,1H3/q;+1/p-1. The Balaban J connectivity index is 0. The SMILES string of the molecule is N#CCC(=O)[O-].[NH3+]O. The van der Waals surface area contributed by atoms with Gasteiger partial charge in [0.25, 0.3) is 0 Å². The van der Waals surface area contributed by atoms with Crippen molar-refractivity contribution in [2.75, 3.05) is 0 Å². The van der Waals surface area contributed by atoms with Gasteiger partial charge in [0.2, 0.25) is 0 Å². The number of rotatable bonds is 1. The zero-order valence-electron chi connectivity index (χ0n) is 4.13. The molecule has 0 unspecified atom stereocenters. The van der Waals surface area contributed by atoms with E-state index in [2.05, 4.69) is 5.90 Å². The first-order valence-electron chi connectivity index (χ1n) is 1.66. The van der Waals surface area contributed by atoms with Crippen molar-refractivity contribution in [2.24, 2.45) is 0 Å². The maximum absolute atomic E-state index is 9.27. The summed E-state index contributed by atoms with van der Waals surface area (Å²) in [6.07, 6.45) is -0.514. The van der Waals surface area contributed by atoms with Gasteiger partial charge in [0.15, 0.2) is 0 Å². The van der Waals surface area contributed by atoms with Gasteiger partial charge in [0, 0.05) is 0 Å². The number of carboxylic acid groups (broad SMARTS) is 1. The summed E-state index contributed by atoms with van der Waals surface area (Å²) >= 11 is 0. The lowest BCUT2D eigenvalue weighted by molar-refractivity contribution is -0.670. The Hall–Kier alpha value is -1.12. The minimum atomic E-state index is -1.32. The number of nitriles is 1. The minimum absolute atomic E-state index is 0.514. The fourth-order valence-electron chi connectivity index (χ4n) is 0.0645. The van der Waals surface area contributed by atoms with Crippen molar-refractivity contribution in [1.29, 1.82) is 5.26 Å². The van der Waals surface area contributed by atoms with E-state index in [0.29, 0.717) is 0 Å². The summed E-state index contributed by atoms with van der Waals surface area (Å²) in [6, 6.07) is 1.41. The molecule has 0 aliphatic carbocycles. The van der Waals surface area contributed by atoms with Gasteiger partial charge in [-0.05, 0) is 0 Å². The van der Waals surface area contributed by atoms with E-state index >= 15 is 0 Å². The van der Waals surface area contributed by atoms with Gasteiger partial charge in [-0.1, -0.05) is 0 Å². The molecule has 0 bridgehead atoms. The number of carbonyl (C=O) groups is 1. The van der Waals surface area contributed by atoms with Gasteiger partial charge in [0.05, 0.1) is 18.5 Å². The highest BCUT2D eigenvalue weighted by Crippen LogP contribution is 1.63. The highest BCUT2D eigenvalue weighted by molar-refractivity contribution is 5.66. The third-order valence-corrected chi connectivity index (χ3v) is 0.223. The van der Waals surface area contributed by atoms with Crippen LogP contribution in [0, 0.1) is 11.3 Å². The Morgan fingerprint density at radius 3 is 2.25 bits per heavy atom. The zero-order valence-corrected chi connectivity index (χ0v) is 4.13. The molecule has 0 amide bonds. The first kappa shape index (κ1) is 9.99. The van der Waals surface area contributed by atoms with Crippen molar-refractivity contribution < 1.29 is 21.0 Å². The van der Waals surface area contributed by atoms with Crippen molar-refractivity contribution >= 4 is 5.97 Å². The number of nitrogens with zero attached hydrogens (tertiary/aromatic N) is 1. The molecule has 4 N–H and O–H groups in total. The topological polar surface area (TPSA) is 112 Å². The Labute approximate surface area is 45.9 Å². The molecular weight excluding hydrogens is 112 g/mol. The maximum atomic E-state index is 9.27. The highest BCUT2D eigenvalue weighted by atomic mass is 16.4. The van der Waals surface area contributed by atoms with E-state index in [9.17, 15) is 9.90 Å². The van der Waals surface area contributed by atoms with Crippen molar-refractivity contribution in [1.82, 2.24) is 0 Å². The van der Waals surface area contributed by atoms with Crippen molar-refractivity contribution in [3.63, 3.8) is 0 Å². The summed E-state index contributed by atoms with van der Waals surface area (Å²) in [4.78, 5) is 9.27. The lowest BCUT2D eigenvalue weighted by atomic mass is 10.5. The van der Waals surface area contributed by atoms with Crippen LogP contribution in [-0.2, 0) is 4.79 Å². The van der Waals surface area contributed by atoms with Crippen LogP contribution >= 0.6 is 0 Å². The number of carbonyl (C=O) groups excluding carboxylic acids is 1. The Morgan fingerprint density at radius 1 is 1.88 bits per heavy atom. The molecule has 8 heavy (non-hydrogen) atoms. The molecule has 46 valence electrons. The molecule has 0 spiro atoms. The number of carboxylic acids is 1. The molecule has 0 saturated carbocycles. The van der Waals surface area contributed by atoms with Crippen LogP contribution in [-0.4, -0.2) is 11.2 Å². The third-order valence-electron chi connectivity index (χ3n) is 0.223. The quantitative estimate of drug-likeness (QED) is 0.364. The Bertz CT molecular complexity index is 95.2. The van der Waals surface area contributed by atoms with Gasteiger partial charge in [-0.2, -0.15) is 5.26 Å². The molecule has 5 heteroatoms. The summed E-state index contributed by atoms with van der Waals surface area (Å²) in [5.74, 6) is 0.928. The molecule has 0 aliphatic heterocycles. The van der Waals surface area contributed by atoms with Gasteiger partial charge >= 0.3 is 0 Å². The van der Waals surface area contributed by atoms with E-state index in [4.69, 9.17) is 10.5 Å². The van der Waals surface area contributed by atoms with E-state index in [1.807, 2.05) is 0 Å². The van der Waals surface area contributed by atoms with Crippen LogP contribution in [0.3, 0.4) is 0 Å². The average molecular weight is 118 g/mol. The fourth-order valence-corrected chi connectivity index (χ4v) is 0.0645. The molecule has 0 saturated heterocycles. The van der Waals surface area contributed by atoms with E-state index in [0.717, 1.165) is 0 Å². The van der Waals surface area contributed by atoms with Crippen LogP contribution in [0.4, 0.5) is 0 Å². The molecule has 0 radical (unpaired) electrons. The molecule has 0 atom stereocenters. The van der Waals surface area contributed by atoms with E-state index < -0.39 is 12.4 Å². The number of quaternary nitrogens is 1. The predicted octanol–water partition coefficient (Wildman–Crippen LogP) is -2.73. The van der Waals surface area contributed by atoms with E-state index in [-0.39, 0.29) is 0 Å². The van der Waals surface area contributed by atoms with Crippen LogP contribution in [0.15, 0.2) is 0 Å². The summed E-state index contributed by atoms with van der Waals surface area (Å²) in [5.41, 5.74) is 0. The average Bonchev–Trinajstić information content (AvgIpc) is 1.72. The largest absolute Gasteiger partial charge is 0.549 e. The fraction of sp³-hybridized carbons (Fsp3) is 0.333. The zero-order chi connectivity index (χ0) is 6.99. The molecule has 0 heterocycles. The first-order chi connectivity index (χ1) is 3.77. The van der Waals surface area contributed by atoms with Crippen LogP contribution in [0.2, 0.25) is 0 Å². The number of aliphatic carboxylic acids is 1. The van der Waals surface area contributed by atoms with Gasteiger partial charge in [-0.15, -0.1) is 0 Å². The maximum Gasteiger partial charge on any atom is 0.0747 e. The lowest BCUT2D eigenvalue weighted by Crippen LogP contribution is -2.42. The van der Waals surface area contributed by atoms with Crippen molar-refractivity contribution in [3.05, 3.63) is 0 Å². The molecule has 0 aliphatic rings. The van der Waals surface area contributed by atoms with Crippen molar-refractivity contribution in [2.45, 2.75) is 6.42 Å². The molecular formula is C3H6N2O3. The highest BCUT2D eigenvalue weighted by Gasteiger charge is 1.73. The Morgan fingerprint density at radius 2 is 2.25 bits per heavy atom. The van der Waals surface area contributed by atoms with Gasteiger partial charge in [0.1, 0.15) is 0 Å². The van der Waals surface area contributed by atoms with Crippen LogP contribution in [0.5, 0.6) is 0 Å². The summed E-state index contributed by atoms with van der Waals surface area (Å²) in [7, 11) is 0. The molecule has 0 rings (SSSR count). The second-order valence-corrected chi connectivity index (χ2v) is 0.707. The van der Waals surface area contributed by atoms with E-state index in [1.54, 1.807) is 0 Å². The lowest BCUT2D eigenvalue weighted by Gasteiger charge is -1.85. The van der Waals surface area contributed by atoms with Crippen LogP contribution in [0.1, 0.15) is 6.42 Å². The van der Waals surface area contributed by atoms with Gasteiger partial charge < -0.3 is 9.90 Å². The summed E-state index contributed by atoms with van der Waals surface area (Å²) in [6.45, 7) is 0. The molecule has 0 aromatic heterocycles. The number of hydrogen-bond donors (Lipinski definition) is 2. The first-order valence-corrected chi connectivity index (χ1v) is 1.66. The van der Waals surface area contributed by atoms with Gasteiger partial charge in [-0.25, -0.2) is 11.1 Å². The monoisotopic (exact) mass is 118 g/mol. The smallest absolute Gasteiger partial charge is 0.0747 e. The minimum Gasteiger partial charge on any atom is -0.549 e. The molecule has 5 nitrogen and oxygen atoms in total. The molecule has 0 fully saturated rings. The Kier molecular flexibility index (Phi) is 11.6. The molecule has 0 aromatic carbocycles. The van der Waals surface area contributed by atoms with E-state index in [1.165, 1.54) is 6.07 Å².